The van der Waals surface area contributed by atoms with E-state index < -0.39 is 16.7 Å². The lowest BCUT2D eigenvalue weighted by atomic mass is 10.2. The number of aromatic nitrogens is 2. The summed E-state index contributed by atoms with van der Waals surface area (Å²) < 4.78 is 1.89. The maximum absolute atomic E-state index is 12.0. The van der Waals surface area contributed by atoms with Crippen LogP contribution in [-0.2, 0) is 11.8 Å². The third-order valence-corrected chi connectivity index (χ3v) is 4.76. The first kappa shape index (κ1) is 18.4. The highest BCUT2D eigenvalue weighted by atomic mass is 32.2. The largest absolute Gasteiger partial charge is 0.322 e. The monoisotopic (exact) mass is 385 g/mol. The number of amides is 2. The van der Waals surface area contributed by atoms with Crippen LogP contribution in [0.25, 0.3) is 11.0 Å². The third kappa shape index (κ3) is 4.23. The molecule has 10 heteroatoms. The van der Waals surface area contributed by atoms with Gasteiger partial charge in [0, 0.05) is 24.7 Å². The van der Waals surface area contributed by atoms with E-state index >= 15 is 0 Å². The Labute approximate surface area is 157 Å². The Hall–Kier alpha value is -3.40. The van der Waals surface area contributed by atoms with Gasteiger partial charge in [0.2, 0.25) is 5.91 Å². The molecule has 3 rings (SSSR count). The zero-order valence-corrected chi connectivity index (χ0v) is 15.0. The SMILES string of the molecule is Cn1c(SCC(=O)NNC(=O)c2ccc([N+](=O)[O-])cc2)nc2ccccc21. The highest BCUT2D eigenvalue weighted by Crippen LogP contribution is 2.22. The van der Waals surface area contributed by atoms with Gasteiger partial charge in [-0.2, -0.15) is 0 Å². The lowest BCUT2D eigenvalue weighted by molar-refractivity contribution is -0.384. The Balaban J connectivity index is 1.52. The number of benzene rings is 2. The first-order chi connectivity index (χ1) is 13.0. The van der Waals surface area contributed by atoms with E-state index in [1.54, 1.807) is 0 Å². The number of nitrogens with one attached hydrogen (secondary N) is 2. The molecule has 2 N–H and O–H groups in total. The van der Waals surface area contributed by atoms with E-state index in [4.69, 9.17) is 0 Å². The van der Waals surface area contributed by atoms with Crippen LogP contribution in [0.4, 0.5) is 5.69 Å². The van der Waals surface area contributed by atoms with Gasteiger partial charge in [-0.1, -0.05) is 23.9 Å². The minimum Gasteiger partial charge on any atom is -0.322 e. The smallest absolute Gasteiger partial charge is 0.269 e. The molecule has 0 radical (unpaired) electrons. The van der Waals surface area contributed by atoms with Crippen molar-refractivity contribution < 1.29 is 14.5 Å². The molecule has 9 nitrogen and oxygen atoms in total. The van der Waals surface area contributed by atoms with Crippen LogP contribution >= 0.6 is 11.8 Å². The van der Waals surface area contributed by atoms with Gasteiger partial charge in [-0.3, -0.25) is 30.6 Å². The van der Waals surface area contributed by atoms with Crippen LogP contribution in [0.5, 0.6) is 0 Å². The van der Waals surface area contributed by atoms with E-state index in [9.17, 15) is 19.7 Å². The van der Waals surface area contributed by atoms with Crippen molar-refractivity contribution in [3.8, 4) is 0 Å². The number of hydrogen-bond acceptors (Lipinski definition) is 6. The molecule has 1 heterocycles. The van der Waals surface area contributed by atoms with Gasteiger partial charge >= 0.3 is 0 Å². The number of carbonyl (C=O) groups is 2. The van der Waals surface area contributed by atoms with Crippen molar-refractivity contribution in [3.05, 3.63) is 64.2 Å². The molecule has 0 atom stereocenters. The first-order valence-corrected chi connectivity index (χ1v) is 8.82. The summed E-state index contributed by atoms with van der Waals surface area (Å²) in [5, 5.41) is 11.3. The fourth-order valence-corrected chi connectivity index (χ4v) is 3.14. The van der Waals surface area contributed by atoms with Crippen LogP contribution in [0.3, 0.4) is 0 Å². The van der Waals surface area contributed by atoms with Crippen LogP contribution in [0.15, 0.2) is 53.7 Å². The number of aryl methyl sites for hydroxylation is 1. The highest BCUT2D eigenvalue weighted by molar-refractivity contribution is 7.99. The number of carbonyl (C=O) groups excluding carboxylic acids is 2. The molecule has 0 aliphatic heterocycles. The zero-order valence-electron chi connectivity index (χ0n) is 14.2. The van der Waals surface area contributed by atoms with Gasteiger partial charge in [0.1, 0.15) is 0 Å². The minimum absolute atomic E-state index is 0.0672. The molecule has 0 aliphatic carbocycles. The van der Waals surface area contributed by atoms with Crippen LogP contribution in [0, 0.1) is 10.1 Å². The Bertz CT molecular complexity index is 1020. The van der Waals surface area contributed by atoms with Gasteiger partial charge in [-0.05, 0) is 24.3 Å². The minimum atomic E-state index is -0.564. The lowest BCUT2D eigenvalue weighted by Crippen LogP contribution is -2.42. The summed E-state index contributed by atoms with van der Waals surface area (Å²) in [6, 6.07) is 12.7. The van der Waals surface area contributed by atoms with Gasteiger partial charge in [0.15, 0.2) is 5.16 Å². The molecule has 0 saturated carbocycles. The second kappa shape index (κ2) is 7.87. The lowest BCUT2D eigenvalue weighted by Gasteiger charge is -2.07. The van der Waals surface area contributed by atoms with Gasteiger partial charge in [0.25, 0.3) is 11.6 Å². The number of para-hydroxylation sites is 2. The van der Waals surface area contributed by atoms with Gasteiger partial charge in [-0.15, -0.1) is 0 Å². The van der Waals surface area contributed by atoms with Gasteiger partial charge < -0.3 is 4.57 Å². The molecule has 0 spiro atoms. The quantitative estimate of drug-likeness (QED) is 0.394. The maximum Gasteiger partial charge on any atom is 0.269 e. The average Bonchev–Trinajstić information content (AvgIpc) is 3.00. The zero-order chi connectivity index (χ0) is 19.4. The highest BCUT2D eigenvalue weighted by Gasteiger charge is 2.12. The number of nitrogens with zero attached hydrogens (tertiary/aromatic N) is 3. The second-order valence-corrected chi connectivity index (χ2v) is 6.48. The van der Waals surface area contributed by atoms with E-state index in [-0.39, 0.29) is 17.0 Å². The maximum atomic E-state index is 12.0. The number of thioether (sulfide) groups is 1. The van der Waals surface area contributed by atoms with E-state index in [0.29, 0.717) is 5.16 Å². The van der Waals surface area contributed by atoms with Crippen LogP contribution < -0.4 is 10.9 Å². The number of rotatable bonds is 5. The average molecular weight is 385 g/mol. The summed E-state index contributed by atoms with van der Waals surface area (Å²) in [4.78, 5) is 38.4. The Morgan fingerprint density at radius 2 is 1.85 bits per heavy atom. The molecule has 27 heavy (non-hydrogen) atoms. The molecule has 0 bridgehead atoms. The molecule has 0 fully saturated rings. The molecule has 0 unspecified atom stereocenters. The van der Waals surface area contributed by atoms with Crippen molar-refractivity contribution in [2.45, 2.75) is 5.16 Å². The Morgan fingerprint density at radius 1 is 1.15 bits per heavy atom. The summed E-state index contributed by atoms with van der Waals surface area (Å²) in [6.07, 6.45) is 0. The predicted octanol–water partition coefficient (Wildman–Crippen LogP) is 2.03. The number of nitro groups is 1. The first-order valence-electron chi connectivity index (χ1n) is 7.83. The molecular formula is C17H15N5O4S. The summed E-state index contributed by atoms with van der Waals surface area (Å²) in [6.45, 7) is 0. The number of fused-ring (bicyclic) bond motifs is 1. The number of hydrogen-bond donors (Lipinski definition) is 2. The normalized spacial score (nSPS) is 10.6. The molecule has 2 aromatic carbocycles. The topological polar surface area (TPSA) is 119 Å². The van der Waals surface area contributed by atoms with Crippen LogP contribution in [0.1, 0.15) is 10.4 Å². The molecular weight excluding hydrogens is 370 g/mol. The Kier molecular flexibility index (Phi) is 5.36. The van der Waals surface area contributed by atoms with Crippen molar-refractivity contribution >= 4 is 40.3 Å². The van der Waals surface area contributed by atoms with Gasteiger partial charge in [0.05, 0.1) is 21.7 Å². The van der Waals surface area contributed by atoms with E-state index in [1.165, 1.54) is 36.0 Å². The number of hydrazine groups is 1. The third-order valence-electron chi connectivity index (χ3n) is 3.73. The summed E-state index contributed by atoms with van der Waals surface area (Å²) in [5.41, 5.74) is 6.48. The van der Waals surface area contributed by atoms with Gasteiger partial charge in [-0.25, -0.2) is 4.98 Å². The van der Waals surface area contributed by atoms with Crippen molar-refractivity contribution in [2.75, 3.05) is 5.75 Å². The number of non-ortho nitro benzene ring substituents is 1. The number of imidazole rings is 1. The van der Waals surface area contributed by atoms with Crippen molar-refractivity contribution in [3.63, 3.8) is 0 Å². The fraction of sp³-hybridized carbons (Fsp3) is 0.118. The van der Waals surface area contributed by atoms with Crippen molar-refractivity contribution in [1.82, 2.24) is 20.4 Å². The molecule has 1 aromatic heterocycles. The standard InChI is InChI=1S/C17H15N5O4S/c1-21-14-5-3-2-4-13(14)18-17(21)27-10-15(23)19-20-16(24)11-6-8-12(9-7-11)22(25)26/h2-9H,10H2,1H3,(H,19,23)(H,20,24). The molecule has 0 aliphatic rings. The van der Waals surface area contributed by atoms with Crippen LogP contribution in [-0.4, -0.2) is 32.0 Å². The van der Waals surface area contributed by atoms with Crippen molar-refractivity contribution in [2.24, 2.45) is 7.05 Å². The fourth-order valence-electron chi connectivity index (χ4n) is 2.35. The summed E-state index contributed by atoms with van der Waals surface area (Å²) in [7, 11) is 1.87. The van der Waals surface area contributed by atoms with E-state index in [1.807, 2.05) is 35.9 Å². The predicted molar refractivity (Wildman–Crippen MR) is 100 cm³/mol. The van der Waals surface area contributed by atoms with E-state index in [2.05, 4.69) is 15.8 Å². The summed E-state index contributed by atoms with van der Waals surface area (Å²) in [5.74, 6) is -0.897. The van der Waals surface area contributed by atoms with E-state index in [0.717, 1.165) is 11.0 Å². The Morgan fingerprint density at radius 3 is 2.52 bits per heavy atom. The molecule has 2 amide bonds. The molecule has 0 saturated heterocycles. The van der Waals surface area contributed by atoms with Crippen molar-refractivity contribution in [1.29, 1.82) is 0 Å². The molecule has 3 aromatic rings. The summed E-state index contributed by atoms with van der Waals surface area (Å²) >= 11 is 1.25. The van der Waals surface area contributed by atoms with Crippen LogP contribution in [0.2, 0.25) is 0 Å². The molecule has 138 valence electrons. The number of nitro benzene ring substituents is 1. The second-order valence-electron chi connectivity index (χ2n) is 5.54.